The SMILES string of the molecule is O=C(NC[C@H](c1ccco1)N1CCCC1)c1ccccc1Br. The molecular formula is C17H19BrN2O2. The van der Waals surface area contributed by atoms with E-state index in [1.54, 1.807) is 6.26 Å². The Morgan fingerprint density at radius 2 is 2.00 bits per heavy atom. The van der Waals surface area contributed by atoms with Crippen molar-refractivity contribution < 1.29 is 9.21 Å². The molecular weight excluding hydrogens is 344 g/mol. The lowest BCUT2D eigenvalue weighted by atomic mass is 10.1. The molecule has 4 nitrogen and oxygen atoms in total. The summed E-state index contributed by atoms with van der Waals surface area (Å²) in [6.45, 7) is 2.65. The second-order valence-corrected chi connectivity index (χ2v) is 6.32. The third kappa shape index (κ3) is 3.42. The van der Waals surface area contributed by atoms with E-state index in [9.17, 15) is 4.79 Å². The number of halogens is 1. The van der Waals surface area contributed by atoms with Gasteiger partial charge in [-0.15, -0.1) is 0 Å². The minimum atomic E-state index is -0.0665. The van der Waals surface area contributed by atoms with Crippen LogP contribution in [0.4, 0.5) is 0 Å². The fourth-order valence-corrected chi connectivity index (χ4v) is 3.34. The smallest absolute Gasteiger partial charge is 0.252 e. The van der Waals surface area contributed by atoms with Gasteiger partial charge in [0.2, 0.25) is 0 Å². The molecule has 1 saturated heterocycles. The summed E-state index contributed by atoms with van der Waals surface area (Å²) in [6, 6.07) is 11.4. The van der Waals surface area contributed by atoms with E-state index in [2.05, 4.69) is 26.1 Å². The highest BCUT2D eigenvalue weighted by Gasteiger charge is 2.26. The molecule has 0 aliphatic carbocycles. The minimum Gasteiger partial charge on any atom is -0.468 e. The summed E-state index contributed by atoms with van der Waals surface area (Å²) in [5, 5.41) is 3.03. The Morgan fingerprint density at radius 1 is 1.23 bits per heavy atom. The van der Waals surface area contributed by atoms with E-state index >= 15 is 0 Å². The van der Waals surface area contributed by atoms with Gasteiger partial charge in [-0.2, -0.15) is 0 Å². The summed E-state index contributed by atoms with van der Waals surface area (Å²) in [4.78, 5) is 14.7. The average molecular weight is 363 g/mol. The van der Waals surface area contributed by atoms with Crippen molar-refractivity contribution in [2.24, 2.45) is 0 Å². The van der Waals surface area contributed by atoms with Crippen LogP contribution >= 0.6 is 15.9 Å². The molecule has 0 unspecified atom stereocenters. The standard InChI is InChI=1S/C17H19BrN2O2/c18-14-7-2-1-6-13(14)17(21)19-12-15(16-8-5-11-22-16)20-9-3-4-10-20/h1-2,5-8,11,15H,3-4,9-10,12H2,(H,19,21)/t15-/m1/s1. The van der Waals surface area contributed by atoms with Gasteiger partial charge in [0.05, 0.1) is 17.9 Å². The van der Waals surface area contributed by atoms with Crippen molar-refractivity contribution in [1.29, 1.82) is 0 Å². The first-order valence-electron chi connectivity index (χ1n) is 7.56. The summed E-state index contributed by atoms with van der Waals surface area (Å²) in [5.74, 6) is 0.845. The molecule has 1 aromatic heterocycles. The third-order valence-corrected chi connectivity index (χ3v) is 4.72. The molecule has 0 bridgehead atoms. The number of rotatable bonds is 5. The molecule has 1 aliphatic heterocycles. The van der Waals surface area contributed by atoms with E-state index in [0.29, 0.717) is 12.1 Å². The first-order valence-corrected chi connectivity index (χ1v) is 8.35. The number of amides is 1. The molecule has 1 aromatic carbocycles. The molecule has 1 amide bonds. The van der Waals surface area contributed by atoms with Crippen LogP contribution in [0, 0.1) is 0 Å². The van der Waals surface area contributed by atoms with Crippen LogP contribution in [-0.2, 0) is 0 Å². The van der Waals surface area contributed by atoms with Gasteiger partial charge in [-0.05, 0) is 66.1 Å². The van der Waals surface area contributed by atoms with Gasteiger partial charge in [0.15, 0.2) is 0 Å². The molecule has 2 aromatic rings. The molecule has 116 valence electrons. The zero-order valence-electron chi connectivity index (χ0n) is 12.3. The number of benzene rings is 1. The van der Waals surface area contributed by atoms with E-state index in [4.69, 9.17) is 4.42 Å². The van der Waals surface area contributed by atoms with Gasteiger partial charge in [-0.25, -0.2) is 0 Å². The Labute approximate surface area is 138 Å². The lowest BCUT2D eigenvalue weighted by Gasteiger charge is -2.26. The quantitative estimate of drug-likeness (QED) is 0.883. The Morgan fingerprint density at radius 3 is 2.68 bits per heavy atom. The molecule has 0 spiro atoms. The van der Waals surface area contributed by atoms with E-state index in [-0.39, 0.29) is 11.9 Å². The van der Waals surface area contributed by atoms with Crippen LogP contribution < -0.4 is 5.32 Å². The predicted octanol–water partition coefficient (Wildman–Crippen LogP) is 3.61. The Hall–Kier alpha value is -1.59. The molecule has 2 heterocycles. The molecule has 22 heavy (non-hydrogen) atoms. The number of carbonyl (C=O) groups excluding carboxylic acids is 1. The van der Waals surface area contributed by atoms with E-state index < -0.39 is 0 Å². The molecule has 0 saturated carbocycles. The van der Waals surface area contributed by atoms with Crippen molar-refractivity contribution in [2.45, 2.75) is 18.9 Å². The zero-order chi connectivity index (χ0) is 15.4. The van der Waals surface area contributed by atoms with Crippen molar-refractivity contribution in [3.63, 3.8) is 0 Å². The Bertz CT molecular complexity index is 621. The highest BCUT2D eigenvalue weighted by atomic mass is 79.9. The molecule has 3 rings (SSSR count). The van der Waals surface area contributed by atoms with Crippen LogP contribution in [-0.4, -0.2) is 30.4 Å². The number of likely N-dealkylation sites (tertiary alicyclic amines) is 1. The monoisotopic (exact) mass is 362 g/mol. The maximum atomic E-state index is 12.4. The van der Waals surface area contributed by atoms with Crippen molar-refractivity contribution in [2.75, 3.05) is 19.6 Å². The summed E-state index contributed by atoms with van der Waals surface area (Å²) in [6.07, 6.45) is 4.10. The highest BCUT2D eigenvalue weighted by Crippen LogP contribution is 2.25. The van der Waals surface area contributed by atoms with Gasteiger partial charge in [0, 0.05) is 11.0 Å². The van der Waals surface area contributed by atoms with Gasteiger partial charge in [-0.3, -0.25) is 9.69 Å². The largest absolute Gasteiger partial charge is 0.468 e. The number of nitrogens with one attached hydrogen (secondary N) is 1. The first kappa shape index (κ1) is 15.3. The van der Waals surface area contributed by atoms with Crippen LogP contribution in [0.25, 0.3) is 0 Å². The molecule has 1 fully saturated rings. The number of nitrogens with zero attached hydrogens (tertiary/aromatic N) is 1. The lowest BCUT2D eigenvalue weighted by molar-refractivity contribution is 0.0933. The number of hydrogen-bond donors (Lipinski definition) is 1. The van der Waals surface area contributed by atoms with Crippen LogP contribution in [0.1, 0.15) is 35.0 Å². The molecule has 1 atom stereocenters. The molecule has 1 aliphatic rings. The van der Waals surface area contributed by atoms with Crippen molar-refractivity contribution in [3.05, 3.63) is 58.5 Å². The van der Waals surface area contributed by atoms with E-state index in [0.717, 1.165) is 23.3 Å². The second-order valence-electron chi connectivity index (χ2n) is 5.46. The average Bonchev–Trinajstić information content (AvgIpc) is 3.21. The highest BCUT2D eigenvalue weighted by molar-refractivity contribution is 9.10. The Kier molecular flexibility index (Phi) is 4.95. The van der Waals surface area contributed by atoms with Crippen LogP contribution in [0.15, 0.2) is 51.6 Å². The minimum absolute atomic E-state index is 0.0665. The maximum absolute atomic E-state index is 12.4. The third-order valence-electron chi connectivity index (χ3n) is 4.03. The van der Waals surface area contributed by atoms with Crippen molar-refractivity contribution >= 4 is 21.8 Å². The van der Waals surface area contributed by atoms with Crippen molar-refractivity contribution in [3.8, 4) is 0 Å². The topological polar surface area (TPSA) is 45.5 Å². The second kappa shape index (κ2) is 7.11. The Balaban J connectivity index is 1.69. The maximum Gasteiger partial charge on any atom is 0.252 e. The van der Waals surface area contributed by atoms with E-state index in [1.807, 2.05) is 36.4 Å². The molecule has 0 radical (unpaired) electrons. The van der Waals surface area contributed by atoms with Gasteiger partial charge >= 0.3 is 0 Å². The number of furan rings is 1. The van der Waals surface area contributed by atoms with Crippen LogP contribution in [0.3, 0.4) is 0 Å². The summed E-state index contributed by atoms with van der Waals surface area (Å²) >= 11 is 3.42. The number of hydrogen-bond acceptors (Lipinski definition) is 3. The van der Waals surface area contributed by atoms with Gasteiger partial charge in [-0.1, -0.05) is 12.1 Å². The zero-order valence-corrected chi connectivity index (χ0v) is 13.9. The lowest BCUT2D eigenvalue weighted by Crippen LogP contribution is -2.36. The normalized spacial score (nSPS) is 16.6. The summed E-state index contributed by atoms with van der Waals surface area (Å²) in [7, 11) is 0. The summed E-state index contributed by atoms with van der Waals surface area (Å²) < 4.78 is 6.38. The van der Waals surface area contributed by atoms with Gasteiger partial charge < -0.3 is 9.73 Å². The predicted molar refractivity (Wildman–Crippen MR) is 88.7 cm³/mol. The van der Waals surface area contributed by atoms with Crippen LogP contribution in [0.5, 0.6) is 0 Å². The molecule has 1 N–H and O–H groups in total. The van der Waals surface area contributed by atoms with Crippen LogP contribution in [0.2, 0.25) is 0 Å². The summed E-state index contributed by atoms with van der Waals surface area (Å²) in [5.41, 5.74) is 0.655. The fraction of sp³-hybridized carbons (Fsp3) is 0.353. The fourth-order valence-electron chi connectivity index (χ4n) is 2.87. The van der Waals surface area contributed by atoms with Gasteiger partial charge in [0.25, 0.3) is 5.91 Å². The molecule has 5 heteroatoms. The first-order chi connectivity index (χ1) is 10.8. The van der Waals surface area contributed by atoms with Gasteiger partial charge in [0.1, 0.15) is 5.76 Å². The van der Waals surface area contributed by atoms with E-state index in [1.165, 1.54) is 12.8 Å². The number of carbonyl (C=O) groups is 1. The van der Waals surface area contributed by atoms with Crippen molar-refractivity contribution in [1.82, 2.24) is 10.2 Å².